The van der Waals surface area contributed by atoms with Crippen LogP contribution in [-0.4, -0.2) is 18.3 Å². The van der Waals surface area contributed by atoms with Crippen LogP contribution in [0.15, 0.2) is 30.3 Å². The second-order valence-corrected chi connectivity index (χ2v) is 7.50. The first-order valence-corrected chi connectivity index (χ1v) is 9.60. The van der Waals surface area contributed by atoms with Crippen LogP contribution in [0.3, 0.4) is 0 Å². The Balaban J connectivity index is 1.78. The number of aromatic hydroxyl groups is 1. The summed E-state index contributed by atoms with van der Waals surface area (Å²) in [6.45, 7) is 5.27. The molecule has 0 aliphatic carbocycles. The number of halogens is 1. The molecule has 138 valence electrons. The van der Waals surface area contributed by atoms with Crippen molar-refractivity contribution in [2.24, 2.45) is 5.92 Å². The molecule has 1 saturated heterocycles. The van der Waals surface area contributed by atoms with Gasteiger partial charge in [-0.15, -0.1) is 0 Å². The van der Waals surface area contributed by atoms with Crippen LogP contribution in [0.1, 0.15) is 48.6 Å². The van der Waals surface area contributed by atoms with E-state index in [0.717, 1.165) is 30.7 Å². The average Bonchev–Trinajstić information content (AvgIpc) is 2.65. The van der Waals surface area contributed by atoms with E-state index in [2.05, 4.69) is 30.4 Å². The molecular formula is C21H24ClNO3. The molecule has 5 heteroatoms. The molecule has 2 aliphatic rings. The highest BCUT2D eigenvalue weighted by Gasteiger charge is 2.40. The molecule has 2 aromatic carbocycles. The van der Waals surface area contributed by atoms with E-state index in [9.17, 15) is 5.11 Å². The fraction of sp³-hybridized carbons (Fsp3) is 0.429. The molecule has 0 spiro atoms. The van der Waals surface area contributed by atoms with Gasteiger partial charge in [0, 0.05) is 23.8 Å². The summed E-state index contributed by atoms with van der Waals surface area (Å²) in [5.41, 5.74) is 4.60. The molecule has 0 bridgehead atoms. The number of aryl methyl sites for hydroxylation is 1. The number of ether oxygens (including phenoxy) is 2. The first-order valence-electron chi connectivity index (χ1n) is 9.22. The zero-order valence-electron chi connectivity index (χ0n) is 15.1. The summed E-state index contributed by atoms with van der Waals surface area (Å²) in [5, 5.41) is 14.2. The van der Waals surface area contributed by atoms with Gasteiger partial charge in [0.2, 0.25) is 0 Å². The molecule has 1 fully saturated rings. The Kier molecular flexibility index (Phi) is 4.72. The van der Waals surface area contributed by atoms with Crippen LogP contribution in [0.2, 0.25) is 5.02 Å². The van der Waals surface area contributed by atoms with Gasteiger partial charge >= 0.3 is 0 Å². The van der Waals surface area contributed by atoms with Gasteiger partial charge in [0.15, 0.2) is 11.5 Å². The largest absolute Gasteiger partial charge is 0.503 e. The number of benzene rings is 2. The monoisotopic (exact) mass is 373 g/mol. The lowest BCUT2D eigenvalue weighted by atomic mass is 9.77. The van der Waals surface area contributed by atoms with Crippen LogP contribution in [0, 0.1) is 12.8 Å². The fourth-order valence-corrected chi connectivity index (χ4v) is 4.38. The number of hydrogen-bond acceptors (Lipinski definition) is 4. The van der Waals surface area contributed by atoms with Crippen LogP contribution in [0.25, 0.3) is 0 Å². The third-order valence-electron chi connectivity index (χ3n) is 5.33. The van der Waals surface area contributed by atoms with E-state index in [4.69, 9.17) is 21.1 Å². The third-order valence-corrected chi connectivity index (χ3v) is 5.62. The van der Waals surface area contributed by atoms with Gasteiger partial charge in [-0.1, -0.05) is 29.3 Å². The smallest absolute Gasteiger partial charge is 0.176 e. The topological polar surface area (TPSA) is 50.7 Å². The predicted octanol–water partition coefficient (Wildman–Crippen LogP) is 5.39. The summed E-state index contributed by atoms with van der Waals surface area (Å²) < 4.78 is 11.8. The fourth-order valence-electron chi connectivity index (χ4n) is 4.16. The standard InChI is InChI=1S/C21H24ClNO3/c1-3-25-18-11-13(10-16(22)20(18)24)19-14-5-4-8-26-21(14)15-9-12(2)6-7-17(15)23-19/h6-7,9-11,14,19,21,23-24H,3-5,8H2,1-2H3/t14-,19?,21-/m0/s1. The van der Waals surface area contributed by atoms with Gasteiger partial charge in [-0.05, 0) is 50.5 Å². The molecule has 0 radical (unpaired) electrons. The van der Waals surface area contributed by atoms with Crippen molar-refractivity contribution < 1.29 is 14.6 Å². The number of phenolic OH excluding ortho intramolecular Hbond substituents is 1. The first kappa shape index (κ1) is 17.5. The maximum Gasteiger partial charge on any atom is 0.176 e. The Labute approximate surface area is 159 Å². The quantitative estimate of drug-likeness (QED) is 0.757. The van der Waals surface area contributed by atoms with Crippen molar-refractivity contribution >= 4 is 17.3 Å². The van der Waals surface area contributed by atoms with E-state index in [1.165, 1.54) is 11.1 Å². The number of phenols is 1. The summed E-state index contributed by atoms with van der Waals surface area (Å²) in [5.74, 6) is 0.744. The van der Waals surface area contributed by atoms with E-state index in [-0.39, 0.29) is 17.9 Å². The maximum absolute atomic E-state index is 10.2. The van der Waals surface area contributed by atoms with Gasteiger partial charge in [0.25, 0.3) is 0 Å². The third kappa shape index (κ3) is 3.01. The average molecular weight is 374 g/mol. The molecular weight excluding hydrogens is 350 g/mol. The van der Waals surface area contributed by atoms with Crippen molar-refractivity contribution in [1.82, 2.24) is 0 Å². The highest BCUT2D eigenvalue weighted by molar-refractivity contribution is 6.32. The number of rotatable bonds is 3. The van der Waals surface area contributed by atoms with Gasteiger partial charge in [0.1, 0.15) is 0 Å². The normalized spacial score (nSPS) is 24.3. The van der Waals surface area contributed by atoms with E-state index >= 15 is 0 Å². The molecule has 1 unspecified atom stereocenters. The lowest BCUT2D eigenvalue weighted by molar-refractivity contribution is -0.0381. The van der Waals surface area contributed by atoms with Crippen molar-refractivity contribution in [3.05, 3.63) is 52.0 Å². The van der Waals surface area contributed by atoms with Crippen molar-refractivity contribution in [3.63, 3.8) is 0 Å². The van der Waals surface area contributed by atoms with E-state index in [1.807, 2.05) is 19.1 Å². The maximum atomic E-state index is 10.2. The molecule has 26 heavy (non-hydrogen) atoms. The van der Waals surface area contributed by atoms with E-state index < -0.39 is 0 Å². The molecule has 2 heterocycles. The molecule has 0 amide bonds. The number of anilines is 1. The molecule has 2 N–H and O–H groups in total. The van der Waals surface area contributed by atoms with Crippen molar-refractivity contribution in [1.29, 1.82) is 0 Å². The van der Waals surface area contributed by atoms with Gasteiger partial charge in [-0.25, -0.2) is 0 Å². The van der Waals surface area contributed by atoms with Crippen LogP contribution in [-0.2, 0) is 4.74 Å². The number of nitrogens with one attached hydrogen (secondary N) is 1. The number of fused-ring (bicyclic) bond motifs is 3. The van der Waals surface area contributed by atoms with Crippen LogP contribution < -0.4 is 10.1 Å². The summed E-state index contributed by atoms with van der Waals surface area (Å²) in [6, 6.07) is 10.2. The second-order valence-electron chi connectivity index (χ2n) is 7.09. The zero-order valence-corrected chi connectivity index (χ0v) is 15.8. The number of hydrogen-bond donors (Lipinski definition) is 2. The minimum atomic E-state index is 0.000505. The highest BCUT2D eigenvalue weighted by Crippen LogP contribution is 2.50. The lowest BCUT2D eigenvalue weighted by Gasteiger charge is -2.43. The Morgan fingerprint density at radius 3 is 2.96 bits per heavy atom. The summed E-state index contributed by atoms with van der Waals surface area (Å²) in [6.07, 6.45) is 2.20. The Bertz CT molecular complexity index is 823. The van der Waals surface area contributed by atoms with Gasteiger partial charge < -0.3 is 19.9 Å². The van der Waals surface area contributed by atoms with Gasteiger partial charge in [-0.2, -0.15) is 0 Å². The van der Waals surface area contributed by atoms with Gasteiger partial charge in [0.05, 0.1) is 23.8 Å². The van der Waals surface area contributed by atoms with E-state index in [0.29, 0.717) is 23.3 Å². The van der Waals surface area contributed by atoms with Crippen molar-refractivity contribution in [3.8, 4) is 11.5 Å². The minimum Gasteiger partial charge on any atom is -0.503 e. The first-order chi connectivity index (χ1) is 12.6. The van der Waals surface area contributed by atoms with Gasteiger partial charge in [-0.3, -0.25) is 0 Å². The predicted molar refractivity (Wildman–Crippen MR) is 103 cm³/mol. The molecule has 0 aromatic heterocycles. The second kappa shape index (κ2) is 7.01. The minimum absolute atomic E-state index is 0.000505. The van der Waals surface area contributed by atoms with E-state index in [1.54, 1.807) is 0 Å². The Morgan fingerprint density at radius 2 is 2.15 bits per heavy atom. The molecule has 4 rings (SSSR count). The molecule has 2 aliphatic heterocycles. The van der Waals surface area contributed by atoms with Crippen LogP contribution in [0.5, 0.6) is 11.5 Å². The Hall–Kier alpha value is -1.91. The zero-order chi connectivity index (χ0) is 18.3. The van der Waals surface area contributed by atoms with Crippen molar-refractivity contribution in [2.75, 3.05) is 18.5 Å². The summed E-state index contributed by atoms with van der Waals surface area (Å²) in [4.78, 5) is 0. The van der Waals surface area contributed by atoms with Crippen LogP contribution in [0.4, 0.5) is 5.69 Å². The molecule has 3 atom stereocenters. The highest BCUT2D eigenvalue weighted by atomic mass is 35.5. The van der Waals surface area contributed by atoms with Crippen molar-refractivity contribution in [2.45, 2.75) is 38.8 Å². The molecule has 4 nitrogen and oxygen atoms in total. The SMILES string of the molecule is CCOc1cc(C2Nc3ccc(C)cc3[C@H]3OCCC[C@@H]23)cc(Cl)c1O. The molecule has 0 saturated carbocycles. The Morgan fingerprint density at radius 1 is 1.31 bits per heavy atom. The van der Waals surface area contributed by atoms with Crippen LogP contribution >= 0.6 is 11.6 Å². The summed E-state index contributed by atoms with van der Waals surface area (Å²) in [7, 11) is 0. The lowest BCUT2D eigenvalue weighted by Crippen LogP contribution is -2.36. The summed E-state index contributed by atoms with van der Waals surface area (Å²) >= 11 is 6.28. The molecule has 2 aromatic rings.